The zero-order chi connectivity index (χ0) is 15.0. The zero-order valence-corrected chi connectivity index (χ0v) is 12.4. The first-order chi connectivity index (χ1) is 10.1. The first kappa shape index (κ1) is 14.1. The minimum Gasteiger partial charge on any atom is -0.384 e. The first-order valence-electron chi connectivity index (χ1n) is 6.99. The van der Waals surface area contributed by atoms with Gasteiger partial charge in [-0.1, -0.05) is 42.8 Å². The Morgan fingerprint density at radius 3 is 2.76 bits per heavy atom. The summed E-state index contributed by atoms with van der Waals surface area (Å²) in [5.74, 6) is -0.115. The summed E-state index contributed by atoms with van der Waals surface area (Å²) >= 11 is 6.14. The van der Waals surface area contributed by atoms with Crippen LogP contribution < -0.4 is 5.32 Å². The molecule has 3 nitrogen and oxygen atoms in total. The molecule has 0 saturated heterocycles. The van der Waals surface area contributed by atoms with Gasteiger partial charge in [-0.2, -0.15) is 0 Å². The fourth-order valence-electron chi connectivity index (χ4n) is 2.80. The molecule has 2 aromatic carbocycles. The van der Waals surface area contributed by atoms with Crippen molar-refractivity contribution in [1.82, 2.24) is 0 Å². The maximum atomic E-state index is 11.9. The highest BCUT2D eigenvalue weighted by Crippen LogP contribution is 2.37. The van der Waals surface area contributed by atoms with Gasteiger partial charge in [0.15, 0.2) is 0 Å². The van der Waals surface area contributed by atoms with Crippen LogP contribution in [0.15, 0.2) is 42.5 Å². The molecule has 0 spiro atoms. The minimum atomic E-state index is -0.794. The summed E-state index contributed by atoms with van der Waals surface area (Å²) in [6.07, 6.45) is -0.0537. The molecule has 0 saturated carbocycles. The van der Waals surface area contributed by atoms with Gasteiger partial charge in [0, 0.05) is 16.3 Å². The van der Waals surface area contributed by atoms with Crippen molar-refractivity contribution in [2.75, 3.05) is 5.32 Å². The van der Waals surface area contributed by atoms with E-state index in [0.717, 1.165) is 23.2 Å². The Morgan fingerprint density at radius 2 is 2.05 bits per heavy atom. The predicted octanol–water partition coefficient (Wildman–Crippen LogP) is 3.87. The molecule has 1 aliphatic heterocycles. The van der Waals surface area contributed by atoms with Crippen molar-refractivity contribution in [3.63, 3.8) is 0 Å². The van der Waals surface area contributed by atoms with Crippen LogP contribution in [0.25, 0.3) is 0 Å². The lowest BCUT2D eigenvalue weighted by atomic mass is 9.93. The molecule has 4 heteroatoms. The molecule has 108 valence electrons. The Labute approximate surface area is 128 Å². The van der Waals surface area contributed by atoms with Gasteiger partial charge >= 0.3 is 0 Å². The molecule has 0 radical (unpaired) electrons. The number of hydrogen-bond acceptors (Lipinski definition) is 2. The molecule has 2 unspecified atom stereocenters. The van der Waals surface area contributed by atoms with E-state index in [1.165, 1.54) is 0 Å². The molecule has 0 fully saturated rings. The van der Waals surface area contributed by atoms with Gasteiger partial charge in [0.05, 0.1) is 5.92 Å². The van der Waals surface area contributed by atoms with Gasteiger partial charge in [0.1, 0.15) is 6.10 Å². The maximum Gasteiger partial charge on any atom is 0.231 e. The van der Waals surface area contributed by atoms with Gasteiger partial charge in [0.25, 0.3) is 0 Å². The predicted molar refractivity (Wildman–Crippen MR) is 83.6 cm³/mol. The van der Waals surface area contributed by atoms with Crippen LogP contribution >= 0.6 is 11.6 Å². The molecule has 2 aromatic rings. The molecule has 0 aliphatic carbocycles. The lowest BCUT2D eigenvalue weighted by Gasteiger charge is -2.15. The standard InChI is InChI=1S/C17H16ClNO2/c1-2-11-13-9-10(7-8-15(13)19-17(11)21)16(20)12-5-3-4-6-14(12)18/h3-9,11,16,20H,2H2,1H3,(H,19,21). The van der Waals surface area contributed by atoms with E-state index in [0.29, 0.717) is 10.6 Å². The molecule has 0 bridgehead atoms. The summed E-state index contributed by atoms with van der Waals surface area (Å²) in [7, 11) is 0. The number of rotatable bonds is 3. The maximum absolute atomic E-state index is 11.9. The number of amides is 1. The van der Waals surface area contributed by atoms with Crippen molar-refractivity contribution in [1.29, 1.82) is 0 Å². The Hall–Kier alpha value is -1.84. The Kier molecular flexibility index (Phi) is 3.70. The van der Waals surface area contributed by atoms with Crippen molar-refractivity contribution >= 4 is 23.2 Å². The lowest BCUT2D eigenvalue weighted by Crippen LogP contribution is -2.10. The number of fused-ring (bicyclic) bond motifs is 1. The number of carbonyl (C=O) groups excluding carboxylic acids is 1. The Morgan fingerprint density at radius 1 is 1.29 bits per heavy atom. The van der Waals surface area contributed by atoms with Crippen LogP contribution in [-0.4, -0.2) is 11.0 Å². The van der Waals surface area contributed by atoms with E-state index in [4.69, 9.17) is 11.6 Å². The van der Waals surface area contributed by atoms with Crippen LogP contribution in [-0.2, 0) is 4.79 Å². The second kappa shape index (κ2) is 5.51. The number of nitrogens with one attached hydrogen (secondary N) is 1. The third kappa shape index (κ3) is 2.43. The van der Waals surface area contributed by atoms with Crippen molar-refractivity contribution in [2.24, 2.45) is 0 Å². The SMILES string of the molecule is CCC1C(=O)Nc2ccc(C(O)c3ccccc3Cl)cc21. The highest BCUT2D eigenvalue weighted by molar-refractivity contribution is 6.31. The molecule has 1 heterocycles. The van der Waals surface area contributed by atoms with Crippen molar-refractivity contribution in [3.8, 4) is 0 Å². The van der Waals surface area contributed by atoms with E-state index in [2.05, 4.69) is 5.32 Å². The molecular formula is C17H16ClNO2. The van der Waals surface area contributed by atoms with E-state index in [-0.39, 0.29) is 11.8 Å². The Bertz CT molecular complexity index is 699. The Balaban J connectivity index is 2.00. The topological polar surface area (TPSA) is 49.3 Å². The van der Waals surface area contributed by atoms with E-state index in [9.17, 15) is 9.90 Å². The van der Waals surface area contributed by atoms with Crippen LogP contribution in [0.3, 0.4) is 0 Å². The summed E-state index contributed by atoms with van der Waals surface area (Å²) < 4.78 is 0. The number of hydrogen-bond donors (Lipinski definition) is 2. The van der Waals surface area contributed by atoms with Crippen molar-refractivity contribution in [3.05, 3.63) is 64.2 Å². The van der Waals surface area contributed by atoms with Crippen molar-refractivity contribution < 1.29 is 9.90 Å². The van der Waals surface area contributed by atoms with Crippen LogP contribution in [0, 0.1) is 0 Å². The monoisotopic (exact) mass is 301 g/mol. The summed E-state index contributed by atoms with van der Waals surface area (Å²) in [4.78, 5) is 11.9. The summed E-state index contributed by atoms with van der Waals surface area (Å²) in [5, 5.41) is 13.9. The lowest BCUT2D eigenvalue weighted by molar-refractivity contribution is -0.117. The molecule has 1 aliphatic rings. The summed E-state index contributed by atoms with van der Waals surface area (Å²) in [6, 6.07) is 12.8. The molecular weight excluding hydrogens is 286 g/mol. The number of carbonyl (C=O) groups is 1. The normalized spacial score (nSPS) is 18.2. The third-order valence-corrected chi connectivity index (χ3v) is 4.29. The van der Waals surface area contributed by atoms with Gasteiger partial charge in [-0.15, -0.1) is 0 Å². The van der Waals surface area contributed by atoms with E-state index >= 15 is 0 Å². The molecule has 2 atom stereocenters. The van der Waals surface area contributed by atoms with E-state index in [1.54, 1.807) is 12.1 Å². The average Bonchev–Trinajstić information content (AvgIpc) is 2.81. The number of benzene rings is 2. The van der Waals surface area contributed by atoms with E-state index < -0.39 is 6.10 Å². The first-order valence-corrected chi connectivity index (χ1v) is 7.36. The number of anilines is 1. The molecule has 3 rings (SSSR count). The quantitative estimate of drug-likeness (QED) is 0.904. The van der Waals surface area contributed by atoms with Gasteiger partial charge in [-0.05, 0) is 35.7 Å². The third-order valence-electron chi connectivity index (χ3n) is 3.95. The van der Waals surface area contributed by atoms with Crippen LogP contribution in [0.5, 0.6) is 0 Å². The number of aliphatic hydroxyl groups is 1. The largest absolute Gasteiger partial charge is 0.384 e. The molecule has 0 aromatic heterocycles. The van der Waals surface area contributed by atoms with Gasteiger partial charge in [-0.25, -0.2) is 0 Å². The van der Waals surface area contributed by atoms with Crippen LogP contribution in [0.1, 0.15) is 42.1 Å². The van der Waals surface area contributed by atoms with Crippen LogP contribution in [0.2, 0.25) is 5.02 Å². The fraction of sp³-hybridized carbons (Fsp3) is 0.235. The molecule has 1 amide bonds. The second-order valence-electron chi connectivity index (χ2n) is 5.22. The van der Waals surface area contributed by atoms with Gasteiger partial charge in [-0.3, -0.25) is 4.79 Å². The number of aliphatic hydroxyl groups excluding tert-OH is 1. The average molecular weight is 302 g/mol. The van der Waals surface area contributed by atoms with Crippen LogP contribution in [0.4, 0.5) is 5.69 Å². The highest BCUT2D eigenvalue weighted by atomic mass is 35.5. The molecule has 2 N–H and O–H groups in total. The zero-order valence-electron chi connectivity index (χ0n) is 11.6. The summed E-state index contributed by atoms with van der Waals surface area (Å²) in [5.41, 5.74) is 3.20. The van der Waals surface area contributed by atoms with E-state index in [1.807, 2.05) is 37.3 Å². The second-order valence-corrected chi connectivity index (χ2v) is 5.63. The summed E-state index contributed by atoms with van der Waals surface area (Å²) in [6.45, 7) is 1.98. The minimum absolute atomic E-state index is 0.0249. The van der Waals surface area contributed by atoms with Gasteiger partial charge in [0.2, 0.25) is 5.91 Å². The molecule has 21 heavy (non-hydrogen) atoms. The number of halogens is 1. The highest BCUT2D eigenvalue weighted by Gasteiger charge is 2.29. The fourth-order valence-corrected chi connectivity index (χ4v) is 3.04. The van der Waals surface area contributed by atoms with Gasteiger partial charge < -0.3 is 10.4 Å². The van der Waals surface area contributed by atoms with Crippen molar-refractivity contribution in [2.45, 2.75) is 25.4 Å². The smallest absolute Gasteiger partial charge is 0.231 e.